The van der Waals surface area contributed by atoms with Crippen molar-refractivity contribution in [1.82, 2.24) is 0 Å². The topological polar surface area (TPSA) is 20.2 Å². The molecule has 0 spiro atoms. The van der Waals surface area contributed by atoms with Crippen LogP contribution in [-0.4, -0.2) is 13.2 Å². The van der Waals surface area contributed by atoms with Crippen LogP contribution in [0.3, 0.4) is 0 Å². The van der Waals surface area contributed by atoms with E-state index in [9.17, 15) is 5.11 Å². The van der Waals surface area contributed by atoms with Crippen LogP contribution in [0.5, 0.6) is 0 Å². The maximum Gasteiger partial charge on any atom is 0.137 e. The smallest absolute Gasteiger partial charge is 0.137 e. The van der Waals surface area contributed by atoms with E-state index in [-0.39, 0.29) is 11.0 Å². The van der Waals surface area contributed by atoms with Crippen molar-refractivity contribution in [2.45, 2.75) is 51.9 Å². The van der Waals surface area contributed by atoms with Crippen molar-refractivity contribution in [1.29, 1.82) is 0 Å². The van der Waals surface area contributed by atoms with Gasteiger partial charge in [0.2, 0.25) is 0 Å². The average molecular weight is 274 g/mol. The van der Waals surface area contributed by atoms with Crippen molar-refractivity contribution in [3.63, 3.8) is 0 Å². The normalized spacial score (nSPS) is 15.3. The minimum absolute atomic E-state index is 0.0310. The lowest BCUT2D eigenvalue weighted by molar-refractivity contribution is 0.143. The fraction of sp³-hybridized carbons (Fsp3) is 0.529. The van der Waals surface area contributed by atoms with Gasteiger partial charge in [-0.2, -0.15) is 0 Å². The molecule has 19 heavy (non-hydrogen) atoms. The van der Waals surface area contributed by atoms with Crippen molar-refractivity contribution in [3.05, 3.63) is 35.9 Å². The number of hydrogen-bond acceptors (Lipinski definition) is 1. The van der Waals surface area contributed by atoms with Gasteiger partial charge in [-0.05, 0) is 17.5 Å². The summed E-state index contributed by atoms with van der Waals surface area (Å²) in [5.41, 5.74) is 4.42. The van der Waals surface area contributed by atoms with Crippen molar-refractivity contribution < 1.29 is 5.11 Å². The molecular formula is C17H26OSi. The van der Waals surface area contributed by atoms with E-state index >= 15 is 0 Å². The first-order valence-corrected chi connectivity index (χ1v) is 9.91. The SMILES string of the molecule is C[C@@H](C#C[Si](C)(C)C(C)(C)C)[C@H](O)c1ccccc1. The molecule has 1 aromatic carbocycles. The summed E-state index contributed by atoms with van der Waals surface area (Å²) in [4.78, 5) is 0. The summed E-state index contributed by atoms with van der Waals surface area (Å²) in [5, 5.41) is 10.6. The summed E-state index contributed by atoms with van der Waals surface area (Å²) in [6.45, 7) is 13.4. The molecule has 2 atom stereocenters. The van der Waals surface area contributed by atoms with Crippen LogP contribution in [0.15, 0.2) is 30.3 Å². The van der Waals surface area contributed by atoms with Gasteiger partial charge in [0.25, 0.3) is 0 Å². The number of hydrogen-bond donors (Lipinski definition) is 1. The lowest BCUT2D eigenvalue weighted by Crippen LogP contribution is -2.35. The second-order valence-electron chi connectivity index (χ2n) is 6.79. The summed E-state index contributed by atoms with van der Waals surface area (Å²) < 4.78 is 0. The van der Waals surface area contributed by atoms with Crippen LogP contribution in [0, 0.1) is 17.4 Å². The minimum Gasteiger partial charge on any atom is -0.387 e. The molecule has 0 aliphatic heterocycles. The lowest BCUT2D eigenvalue weighted by Gasteiger charge is -2.31. The van der Waals surface area contributed by atoms with Crippen LogP contribution in [0.25, 0.3) is 0 Å². The van der Waals surface area contributed by atoms with Gasteiger partial charge in [-0.3, -0.25) is 0 Å². The molecule has 0 aromatic heterocycles. The fourth-order valence-corrected chi connectivity index (χ4v) is 2.46. The Balaban J connectivity index is 2.85. The zero-order valence-electron chi connectivity index (χ0n) is 13.0. The third kappa shape index (κ3) is 4.23. The standard InChI is InChI=1S/C17H26OSi/c1-14(12-13-19(5,6)17(2,3)4)16(18)15-10-8-7-9-11-15/h7-11,14,16,18H,1-6H3/t14-,16-/m0/s1. The Kier molecular flexibility index (Phi) is 5.01. The predicted molar refractivity (Wildman–Crippen MR) is 85.5 cm³/mol. The number of aliphatic hydroxyl groups is 1. The molecule has 1 rings (SSSR count). The number of aliphatic hydroxyl groups excluding tert-OH is 1. The minimum atomic E-state index is -1.59. The Labute approximate surface area is 119 Å². The van der Waals surface area contributed by atoms with Crippen LogP contribution >= 0.6 is 0 Å². The largest absolute Gasteiger partial charge is 0.387 e. The Morgan fingerprint density at radius 1 is 1.11 bits per heavy atom. The van der Waals surface area contributed by atoms with Gasteiger partial charge in [0.15, 0.2) is 0 Å². The molecule has 1 nitrogen and oxygen atoms in total. The van der Waals surface area contributed by atoms with Crippen molar-refractivity contribution in [2.24, 2.45) is 5.92 Å². The predicted octanol–water partition coefficient (Wildman–Crippen LogP) is 4.41. The molecule has 0 saturated carbocycles. The van der Waals surface area contributed by atoms with Gasteiger partial charge in [-0.15, -0.1) is 11.5 Å². The molecule has 0 heterocycles. The molecule has 0 fully saturated rings. The summed E-state index contributed by atoms with van der Waals surface area (Å²) >= 11 is 0. The first-order valence-electron chi connectivity index (χ1n) is 6.91. The van der Waals surface area contributed by atoms with Crippen molar-refractivity contribution in [3.8, 4) is 11.5 Å². The van der Waals surface area contributed by atoms with E-state index in [2.05, 4.69) is 45.3 Å². The highest BCUT2D eigenvalue weighted by atomic mass is 28.3. The van der Waals surface area contributed by atoms with E-state index < -0.39 is 14.2 Å². The van der Waals surface area contributed by atoms with Gasteiger partial charge >= 0.3 is 0 Å². The van der Waals surface area contributed by atoms with Gasteiger partial charge in [0.1, 0.15) is 8.07 Å². The zero-order chi connectivity index (χ0) is 14.7. The molecule has 104 valence electrons. The zero-order valence-corrected chi connectivity index (χ0v) is 14.0. The van der Waals surface area contributed by atoms with E-state index in [1.165, 1.54) is 0 Å². The summed E-state index contributed by atoms with van der Waals surface area (Å²) in [5.74, 6) is 3.26. The molecule has 0 amide bonds. The van der Waals surface area contributed by atoms with E-state index in [0.29, 0.717) is 0 Å². The van der Waals surface area contributed by atoms with Crippen LogP contribution in [-0.2, 0) is 0 Å². The summed E-state index contributed by atoms with van der Waals surface area (Å²) in [6, 6.07) is 9.77. The number of benzene rings is 1. The van der Waals surface area contributed by atoms with E-state index in [1.54, 1.807) is 0 Å². The van der Waals surface area contributed by atoms with Gasteiger partial charge in [0, 0.05) is 5.92 Å². The molecule has 0 saturated heterocycles. The Morgan fingerprint density at radius 2 is 1.63 bits per heavy atom. The molecule has 0 aliphatic rings. The molecule has 0 unspecified atom stereocenters. The molecule has 0 bridgehead atoms. The third-order valence-corrected chi connectivity index (χ3v) is 8.62. The second kappa shape index (κ2) is 5.94. The van der Waals surface area contributed by atoms with Gasteiger partial charge < -0.3 is 5.11 Å². The number of rotatable bonds is 2. The highest BCUT2D eigenvalue weighted by Crippen LogP contribution is 2.35. The van der Waals surface area contributed by atoms with Crippen LogP contribution < -0.4 is 0 Å². The highest BCUT2D eigenvalue weighted by Gasteiger charge is 2.33. The molecule has 0 aliphatic carbocycles. The first kappa shape index (κ1) is 16.0. The highest BCUT2D eigenvalue weighted by molar-refractivity contribution is 6.87. The Morgan fingerprint density at radius 3 is 2.11 bits per heavy atom. The Bertz CT molecular complexity index is 460. The molecule has 1 N–H and O–H groups in total. The molecule has 1 aromatic rings. The monoisotopic (exact) mass is 274 g/mol. The second-order valence-corrected chi connectivity index (χ2v) is 11.8. The quantitative estimate of drug-likeness (QED) is 0.626. The van der Waals surface area contributed by atoms with E-state index in [0.717, 1.165) is 5.56 Å². The Hall–Kier alpha value is -1.04. The van der Waals surface area contributed by atoms with E-state index in [4.69, 9.17) is 0 Å². The first-order chi connectivity index (χ1) is 8.65. The fourth-order valence-electron chi connectivity index (χ4n) is 1.50. The average Bonchev–Trinajstić information content (AvgIpc) is 2.35. The molecule has 0 radical (unpaired) electrons. The molecular weight excluding hydrogens is 248 g/mol. The van der Waals surface area contributed by atoms with E-state index in [1.807, 2.05) is 37.3 Å². The van der Waals surface area contributed by atoms with Gasteiger partial charge in [-0.25, -0.2) is 0 Å². The van der Waals surface area contributed by atoms with Gasteiger partial charge in [-0.1, -0.05) is 64.2 Å². The van der Waals surface area contributed by atoms with Crippen LogP contribution in [0.2, 0.25) is 18.1 Å². The van der Waals surface area contributed by atoms with Crippen LogP contribution in [0.4, 0.5) is 0 Å². The summed E-state index contributed by atoms with van der Waals surface area (Å²) in [7, 11) is -1.59. The maximum atomic E-state index is 10.3. The third-order valence-electron chi connectivity index (χ3n) is 4.10. The van der Waals surface area contributed by atoms with Crippen molar-refractivity contribution >= 4 is 8.07 Å². The van der Waals surface area contributed by atoms with Gasteiger partial charge in [0.05, 0.1) is 6.10 Å². The maximum absolute atomic E-state index is 10.3. The summed E-state index contributed by atoms with van der Waals surface area (Å²) in [6.07, 6.45) is -0.501. The lowest BCUT2D eigenvalue weighted by atomic mass is 9.98. The van der Waals surface area contributed by atoms with Crippen molar-refractivity contribution in [2.75, 3.05) is 0 Å². The molecule has 2 heteroatoms. The van der Waals surface area contributed by atoms with Crippen LogP contribution in [0.1, 0.15) is 39.4 Å².